The predicted molar refractivity (Wildman–Crippen MR) is 86.9 cm³/mol. The molecule has 6 heteroatoms. The number of carbonyl (C=O) groups excluding carboxylic acids is 1. The van der Waals surface area contributed by atoms with Gasteiger partial charge in [-0.25, -0.2) is 4.79 Å². The number of hydrogen-bond acceptors (Lipinski definition) is 5. The third-order valence-electron chi connectivity index (χ3n) is 3.12. The number of carbonyl (C=O) groups is 1. The highest BCUT2D eigenvalue weighted by Crippen LogP contribution is 2.31. The molecule has 0 fully saturated rings. The van der Waals surface area contributed by atoms with E-state index in [1.807, 2.05) is 26.8 Å². The summed E-state index contributed by atoms with van der Waals surface area (Å²) < 4.78 is 26.9. The summed E-state index contributed by atoms with van der Waals surface area (Å²) in [6.45, 7) is 8.10. The van der Waals surface area contributed by atoms with E-state index in [9.17, 15) is 9.35 Å². The van der Waals surface area contributed by atoms with Gasteiger partial charge >= 0.3 is 5.97 Å². The van der Waals surface area contributed by atoms with Crippen molar-refractivity contribution in [2.45, 2.75) is 38.9 Å². The van der Waals surface area contributed by atoms with E-state index in [0.717, 1.165) is 5.56 Å². The highest BCUT2D eigenvalue weighted by Gasteiger charge is 2.30. The highest BCUT2D eigenvalue weighted by molar-refractivity contribution is 7.91. The molecule has 22 heavy (non-hydrogen) atoms. The second-order valence-electron chi connectivity index (χ2n) is 5.90. The van der Waals surface area contributed by atoms with Gasteiger partial charge in [0.1, 0.15) is 33.1 Å². The Kier molecular flexibility index (Phi) is 5.13. The zero-order valence-corrected chi connectivity index (χ0v) is 14.2. The molecule has 1 aromatic carbocycles. The van der Waals surface area contributed by atoms with Gasteiger partial charge in [0.05, 0.1) is 13.2 Å². The van der Waals surface area contributed by atoms with E-state index in [2.05, 4.69) is 4.40 Å². The fourth-order valence-electron chi connectivity index (χ4n) is 2.01. The molecule has 1 aliphatic rings. The van der Waals surface area contributed by atoms with Gasteiger partial charge in [-0.2, -0.15) is 0 Å². The summed E-state index contributed by atoms with van der Waals surface area (Å²) in [6.07, 6.45) is 0.571. The average Bonchev–Trinajstić information content (AvgIpc) is 2.46. The van der Waals surface area contributed by atoms with Crippen LogP contribution < -0.4 is 4.74 Å². The van der Waals surface area contributed by atoms with E-state index in [1.165, 1.54) is 0 Å². The predicted octanol–water partition coefficient (Wildman–Crippen LogP) is 2.90. The molecule has 1 unspecified atom stereocenters. The van der Waals surface area contributed by atoms with Crippen molar-refractivity contribution >= 4 is 23.0 Å². The van der Waals surface area contributed by atoms with Crippen molar-refractivity contribution in [1.29, 1.82) is 0 Å². The molecule has 0 spiro atoms. The topological polar surface area (TPSA) is 71.0 Å². The monoisotopic (exact) mass is 323 g/mol. The second kappa shape index (κ2) is 6.71. The molecule has 120 valence electrons. The van der Waals surface area contributed by atoms with Gasteiger partial charge < -0.3 is 14.0 Å². The molecule has 0 saturated heterocycles. The first-order chi connectivity index (χ1) is 10.3. The SMILES string of the molecule is CCOC(=O)c1cccc2c1OCCC2=N[S+]([O-])C(C)(C)C. The van der Waals surface area contributed by atoms with Crippen LogP contribution in [0, 0.1) is 0 Å². The Bertz CT molecular complexity index is 592. The molecule has 1 atom stereocenters. The Hall–Kier alpha value is -1.53. The summed E-state index contributed by atoms with van der Waals surface area (Å²) in [5.74, 6) is 0.0504. The van der Waals surface area contributed by atoms with Crippen LogP contribution in [0.2, 0.25) is 0 Å². The summed E-state index contributed by atoms with van der Waals surface area (Å²) in [4.78, 5) is 12.0. The number of fused-ring (bicyclic) bond motifs is 1. The lowest BCUT2D eigenvalue weighted by Gasteiger charge is -2.23. The van der Waals surface area contributed by atoms with Gasteiger partial charge in [0.2, 0.25) is 0 Å². The summed E-state index contributed by atoms with van der Waals surface area (Å²) in [5, 5.41) is 0. The summed E-state index contributed by atoms with van der Waals surface area (Å²) in [5.41, 5.74) is 1.81. The van der Waals surface area contributed by atoms with Gasteiger partial charge in [-0.05, 0) is 39.8 Å². The highest BCUT2D eigenvalue weighted by atomic mass is 32.2. The molecule has 0 saturated carbocycles. The Balaban J connectivity index is 2.42. The first-order valence-corrected chi connectivity index (χ1v) is 8.38. The van der Waals surface area contributed by atoms with Gasteiger partial charge in [-0.15, -0.1) is 0 Å². The van der Waals surface area contributed by atoms with Crippen LogP contribution in [0.5, 0.6) is 5.75 Å². The average molecular weight is 323 g/mol. The number of esters is 1. The molecular formula is C16H21NO4S. The number of rotatable bonds is 3. The maximum absolute atomic E-state index is 12.3. The molecule has 1 aromatic rings. The Morgan fingerprint density at radius 3 is 2.82 bits per heavy atom. The fraction of sp³-hybridized carbons (Fsp3) is 0.500. The van der Waals surface area contributed by atoms with E-state index >= 15 is 0 Å². The second-order valence-corrected chi connectivity index (χ2v) is 7.81. The van der Waals surface area contributed by atoms with Crippen LogP contribution >= 0.6 is 0 Å². The zero-order valence-electron chi connectivity index (χ0n) is 13.3. The van der Waals surface area contributed by atoms with E-state index in [-0.39, 0.29) is 0 Å². The zero-order chi connectivity index (χ0) is 16.3. The van der Waals surface area contributed by atoms with Gasteiger partial charge in [0, 0.05) is 12.0 Å². The minimum Gasteiger partial charge on any atom is -0.591 e. The molecule has 1 aliphatic heterocycles. The third-order valence-corrected chi connectivity index (χ3v) is 4.56. The molecule has 0 amide bonds. The number of para-hydroxylation sites is 1. The van der Waals surface area contributed by atoms with Crippen LogP contribution in [-0.2, 0) is 16.1 Å². The van der Waals surface area contributed by atoms with Crippen molar-refractivity contribution in [2.24, 2.45) is 4.40 Å². The third kappa shape index (κ3) is 3.62. The van der Waals surface area contributed by atoms with Crippen molar-refractivity contribution in [3.8, 4) is 5.75 Å². The molecular weight excluding hydrogens is 302 g/mol. The van der Waals surface area contributed by atoms with Crippen molar-refractivity contribution in [3.05, 3.63) is 29.3 Å². The van der Waals surface area contributed by atoms with E-state index in [0.29, 0.717) is 36.7 Å². The van der Waals surface area contributed by atoms with Gasteiger partial charge in [-0.1, -0.05) is 10.5 Å². The van der Waals surface area contributed by atoms with Crippen molar-refractivity contribution < 1.29 is 18.8 Å². The Morgan fingerprint density at radius 2 is 2.18 bits per heavy atom. The molecule has 0 aromatic heterocycles. The smallest absolute Gasteiger partial charge is 0.341 e. The lowest BCUT2D eigenvalue weighted by molar-refractivity contribution is 0.0521. The number of benzene rings is 1. The van der Waals surface area contributed by atoms with Crippen molar-refractivity contribution in [2.75, 3.05) is 13.2 Å². The fourth-order valence-corrected chi connectivity index (χ4v) is 2.67. The molecule has 0 aliphatic carbocycles. The minimum absolute atomic E-state index is 0.303. The molecule has 2 rings (SSSR count). The Morgan fingerprint density at radius 1 is 1.45 bits per heavy atom. The maximum Gasteiger partial charge on any atom is 0.341 e. The van der Waals surface area contributed by atoms with Crippen LogP contribution in [0.3, 0.4) is 0 Å². The van der Waals surface area contributed by atoms with E-state index in [4.69, 9.17) is 9.47 Å². The normalized spacial score (nSPS) is 17.6. The van der Waals surface area contributed by atoms with E-state index < -0.39 is 22.1 Å². The van der Waals surface area contributed by atoms with Crippen LogP contribution in [0.1, 0.15) is 50.0 Å². The largest absolute Gasteiger partial charge is 0.591 e. The van der Waals surface area contributed by atoms with Crippen LogP contribution in [0.25, 0.3) is 0 Å². The number of hydrogen-bond donors (Lipinski definition) is 0. The van der Waals surface area contributed by atoms with Crippen molar-refractivity contribution in [1.82, 2.24) is 0 Å². The minimum atomic E-state index is -1.35. The van der Waals surface area contributed by atoms with Crippen molar-refractivity contribution in [3.63, 3.8) is 0 Å². The van der Waals surface area contributed by atoms with E-state index in [1.54, 1.807) is 19.1 Å². The molecule has 0 radical (unpaired) electrons. The first kappa shape index (κ1) is 16.8. The molecule has 5 nitrogen and oxygen atoms in total. The molecule has 1 heterocycles. The number of ether oxygens (including phenoxy) is 2. The summed E-state index contributed by atoms with van der Waals surface area (Å²) in [7, 11) is 0. The molecule has 0 bridgehead atoms. The lowest BCUT2D eigenvalue weighted by atomic mass is 10.0. The Labute approximate surface area is 134 Å². The van der Waals surface area contributed by atoms with Crippen LogP contribution in [-0.4, -0.2) is 34.2 Å². The standard InChI is InChI=1S/C16H21NO4S/c1-5-20-15(18)12-8-6-7-11-13(9-10-21-14(11)12)17-22(19)16(2,3)4/h6-8H,5,9-10H2,1-4H3. The van der Waals surface area contributed by atoms with Gasteiger partial charge in [0.25, 0.3) is 0 Å². The summed E-state index contributed by atoms with van der Waals surface area (Å²) >= 11 is -1.35. The van der Waals surface area contributed by atoms with Crippen LogP contribution in [0.4, 0.5) is 0 Å². The molecule has 0 N–H and O–H groups in total. The van der Waals surface area contributed by atoms with Crippen LogP contribution in [0.15, 0.2) is 22.6 Å². The maximum atomic E-state index is 12.3. The lowest BCUT2D eigenvalue weighted by Crippen LogP contribution is -2.28. The number of nitrogens with zero attached hydrogens (tertiary/aromatic N) is 1. The quantitative estimate of drug-likeness (QED) is 0.633. The van der Waals surface area contributed by atoms with Gasteiger partial charge in [0.15, 0.2) is 0 Å². The first-order valence-electron chi connectivity index (χ1n) is 7.27. The summed E-state index contributed by atoms with van der Waals surface area (Å²) in [6, 6.07) is 5.26. The van der Waals surface area contributed by atoms with Gasteiger partial charge in [-0.3, -0.25) is 0 Å².